The number of aromatic nitrogens is 2. The van der Waals surface area contributed by atoms with Gasteiger partial charge in [0.2, 0.25) is 17.7 Å². The summed E-state index contributed by atoms with van der Waals surface area (Å²) in [6.07, 6.45) is -0.110. The van der Waals surface area contributed by atoms with Crippen LogP contribution in [-0.2, 0) is 9.59 Å². The Balaban J connectivity index is 1.55. The van der Waals surface area contributed by atoms with E-state index in [4.69, 9.17) is 4.74 Å². The molecular formula is C27H29N5O6S. The van der Waals surface area contributed by atoms with Crippen molar-refractivity contribution in [1.29, 1.82) is 0 Å². The monoisotopic (exact) mass is 551 g/mol. The molecule has 4 rings (SSSR count). The molecule has 0 aliphatic carbocycles. The minimum atomic E-state index is -1.04. The number of carbonyl (C=O) groups excluding carboxylic acids is 2. The predicted molar refractivity (Wildman–Crippen MR) is 150 cm³/mol. The van der Waals surface area contributed by atoms with Gasteiger partial charge < -0.3 is 20.5 Å². The van der Waals surface area contributed by atoms with Crippen LogP contribution < -0.4 is 26.6 Å². The second-order valence-electron chi connectivity index (χ2n) is 9.13. The molecule has 1 aliphatic heterocycles. The fourth-order valence-electron chi connectivity index (χ4n) is 4.01. The van der Waals surface area contributed by atoms with Gasteiger partial charge in [-0.15, -0.1) is 0 Å². The van der Waals surface area contributed by atoms with Crippen LogP contribution in [0.15, 0.2) is 63.1 Å². The first-order valence-electron chi connectivity index (χ1n) is 12.4. The number of amides is 2. The SMILES string of the molecule is CCOc1ccc(NC(=O)CC2SC(=NC(c3ccc(C(C)C)cc3)c3c(O)[nH]c(=O)[nH]c3=O)NC2=O)cc1. The molecule has 0 spiro atoms. The predicted octanol–water partition coefficient (Wildman–Crippen LogP) is 3.00. The highest BCUT2D eigenvalue weighted by Gasteiger charge is 2.34. The Labute approximate surface area is 228 Å². The van der Waals surface area contributed by atoms with Gasteiger partial charge in [0, 0.05) is 12.1 Å². The average Bonchev–Trinajstić information content (AvgIpc) is 3.22. The van der Waals surface area contributed by atoms with Gasteiger partial charge in [-0.1, -0.05) is 49.9 Å². The Morgan fingerprint density at radius 3 is 2.33 bits per heavy atom. The zero-order valence-corrected chi connectivity index (χ0v) is 22.4. The van der Waals surface area contributed by atoms with E-state index in [1.807, 2.05) is 32.9 Å². The fourth-order valence-corrected chi connectivity index (χ4v) is 5.00. The van der Waals surface area contributed by atoms with Gasteiger partial charge in [-0.2, -0.15) is 0 Å². The number of benzene rings is 2. The van der Waals surface area contributed by atoms with Crippen LogP contribution in [-0.4, -0.2) is 43.9 Å². The van der Waals surface area contributed by atoms with Crippen LogP contribution in [0.5, 0.6) is 11.6 Å². The molecule has 1 aromatic heterocycles. The van der Waals surface area contributed by atoms with Gasteiger partial charge in [-0.05, 0) is 48.2 Å². The summed E-state index contributed by atoms with van der Waals surface area (Å²) in [5.41, 5.74) is 0.353. The highest BCUT2D eigenvalue weighted by molar-refractivity contribution is 8.15. The number of H-pyrrole nitrogens is 2. The molecule has 1 aliphatic rings. The summed E-state index contributed by atoms with van der Waals surface area (Å²) >= 11 is 1.05. The van der Waals surface area contributed by atoms with Crippen LogP contribution in [0.25, 0.3) is 0 Å². The van der Waals surface area contributed by atoms with E-state index in [9.17, 15) is 24.3 Å². The van der Waals surface area contributed by atoms with Crippen molar-refractivity contribution in [2.45, 2.75) is 44.4 Å². The molecule has 204 valence electrons. The van der Waals surface area contributed by atoms with E-state index in [-0.39, 0.29) is 29.0 Å². The maximum atomic E-state index is 12.7. The van der Waals surface area contributed by atoms with Gasteiger partial charge in [0.1, 0.15) is 22.6 Å². The lowest BCUT2D eigenvalue weighted by atomic mass is 9.96. The molecule has 12 heteroatoms. The highest BCUT2D eigenvalue weighted by atomic mass is 32.2. The highest BCUT2D eigenvalue weighted by Crippen LogP contribution is 2.32. The van der Waals surface area contributed by atoms with Crippen LogP contribution in [0.4, 0.5) is 5.69 Å². The molecule has 2 heterocycles. The molecule has 2 atom stereocenters. The number of thioether (sulfide) groups is 1. The number of carbonyl (C=O) groups is 2. The molecule has 5 N–H and O–H groups in total. The summed E-state index contributed by atoms with van der Waals surface area (Å²) in [4.78, 5) is 58.4. The summed E-state index contributed by atoms with van der Waals surface area (Å²) in [5.74, 6) is -0.430. The van der Waals surface area contributed by atoms with E-state index in [0.717, 1.165) is 17.3 Å². The molecule has 2 amide bonds. The van der Waals surface area contributed by atoms with Gasteiger partial charge in [0.05, 0.1) is 6.61 Å². The minimum absolute atomic E-state index is 0.110. The first-order valence-corrected chi connectivity index (χ1v) is 13.3. The number of ether oxygens (including phenoxy) is 1. The van der Waals surface area contributed by atoms with Crippen molar-refractivity contribution < 1.29 is 19.4 Å². The quantitative estimate of drug-likeness (QED) is 0.273. The number of aromatic amines is 2. The molecule has 0 bridgehead atoms. The second kappa shape index (κ2) is 12.0. The molecule has 0 saturated carbocycles. The van der Waals surface area contributed by atoms with E-state index in [1.54, 1.807) is 36.4 Å². The van der Waals surface area contributed by atoms with Gasteiger partial charge in [-0.25, -0.2) is 9.79 Å². The van der Waals surface area contributed by atoms with Crippen LogP contribution in [0.2, 0.25) is 0 Å². The molecule has 2 unspecified atom stereocenters. The average molecular weight is 552 g/mol. The largest absolute Gasteiger partial charge is 0.494 e. The van der Waals surface area contributed by atoms with Gasteiger partial charge >= 0.3 is 5.69 Å². The van der Waals surface area contributed by atoms with E-state index < -0.39 is 34.3 Å². The summed E-state index contributed by atoms with van der Waals surface area (Å²) in [6, 6.07) is 13.2. The van der Waals surface area contributed by atoms with Crippen molar-refractivity contribution in [2.75, 3.05) is 11.9 Å². The number of hydrogen-bond donors (Lipinski definition) is 5. The van der Waals surface area contributed by atoms with Gasteiger partial charge in [0.25, 0.3) is 5.56 Å². The number of aromatic hydroxyl groups is 1. The van der Waals surface area contributed by atoms with Crippen molar-refractivity contribution >= 4 is 34.4 Å². The number of anilines is 1. The second-order valence-corrected chi connectivity index (χ2v) is 10.3. The summed E-state index contributed by atoms with van der Waals surface area (Å²) in [5, 5.41) is 15.3. The lowest BCUT2D eigenvalue weighted by molar-refractivity contribution is -0.122. The lowest BCUT2D eigenvalue weighted by Gasteiger charge is -2.15. The topological polar surface area (TPSA) is 166 Å². The third-order valence-corrected chi connectivity index (χ3v) is 7.09. The van der Waals surface area contributed by atoms with Gasteiger partial charge in [-0.3, -0.25) is 24.4 Å². The van der Waals surface area contributed by atoms with Crippen molar-refractivity contribution in [1.82, 2.24) is 15.3 Å². The van der Waals surface area contributed by atoms with Crippen LogP contribution in [0.3, 0.4) is 0 Å². The molecule has 2 aromatic carbocycles. The number of aliphatic imine (C=N–C) groups is 1. The molecule has 39 heavy (non-hydrogen) atoms. The molecule has 1 saturated heterocycles. The Morgan fingerprint density at radius 2 is 1.72 bits per heavy atom. The third kappa shape index (κ3) is 6.77. The third-order valence-electron chi connectivity index (χ3n) is 5.99. The summed E-state index contributed by atoms with van der Waals surface area (Å²) < 4.78 is 5.39. The smallest absolute Gasteiger partial charge is 0.328 e. The van der Waals surface area contributed by atoms with Crippen molar-refractivity contribution in [3.8, 4) is 11.6 Å². The molecule has 11 nitrogen and oxygen atoms in total. The first kappa shape index (κ1) is 27.7. The van der Waals surface area contributed by atoms with Crippen LogP contribution >= 0.6 is 11.8 Å². The van der Waals surface area contributed by atoms with E-state index in [1.165, 1.54) is 0 Å². The number of nitrogens with one attached hydrogen (secondary N) is 4. The fraction of sp³-hybridized carbons (Fsp3) is 0.296. The Morgan fingerprint density at radius 1 is 1.05 bits per heavy atom. The molecule has 1 fully saturated rings. The van der Waals surface area contributed by atoms with E-state index >= 15 is 0 Å². The number of hydrogen-bond acceptors (Lipinski definition) is 8. The molecule has 3 aromatic rings. The van der Waals surface area contributed by atoms with Crippen LogP contribution in [0, 0.1) is 0 Å². The maximum Gasteiger partial charge on any atom is 0.328 e. The van der Waals surface area contributed by atoms with E-state index in [2.05, 4.69) is 25.6 Å². The maximum absolute atomic E-state index is 12.7. The Bertz CT molecular complexity index is 1490. The van der Waals surface area contributed by atoms with Crippen molar-refractivity contribution in [3.63, 3.8) is 0 Å². The van der Waals surface area contributed by atoms with Gasteiger partial charge in [0.15, 0.2) is 5.17 Å². The van der Waals surface area contributed by atoms with Crippen LogP contribution in [0.1, 0.15) is 55.8 Å². The van der Waals surface area contributed by atoms with Crippen molar-refractivity contribution in [3.05, 3.63) is 86.1 Å². The van der Waals surface area contributed by atoms with Crippen molar-refractivity contribution in [2.24, 2.45) is 4.99 Å². The first-order chi connectivity index (χ1) is 18.6. The normalized spacial score (nSPS) is 16.8. The molecule has 0 radical (unpaired) electrons. The molecular weight excluding hydrogens is 522 g/mol. The minimum Gasteiger partial charge on any atom is -0.494 e. The van der Waals surface area contributed by atoms with E-state index in [0.29, 0.717) is 23.6 Å². The number of nitrogens with zero attached hydrogens (tertiary/aromatic N) is 1. The Hall–Kier alpha value is -4.32. The summed E-state index contributed by atoms with van der Waals surface area (Å²) in [7, 11) is 0. The standard InChI is InChI=1S/C27H29N5O6S/c1-4-38-18-11-9-17(10-12-18)28-20(33)13-19-23(34)32-27(39-19)29-22(16-7-5-15(6-8-16)14(2)3)21-24(35)30-26(37)31-25(21)36/h5-12,14,19,22H,4,13H2,1-3H3,(H,28,33)(H,29,32,34)(H3,30,31,35,36,37). The zero-order valence-electron chi connectivity index (χ0n) is 21.6. The Kier molecular flexibility index (Phi) is 8.55. The lowest BCUT2D eigenvalue weighted by Crippen LogP contribution is -2.29. The summed E-state index contributed by atoms with van der Waals surface area (Å²) in [6.45, 7) is 6.50. The number of amidine groups is 1. The number of rotatable bonds is 9. The zero-order chi connectivity index (χ0) is 28.1.